The SMILES string of the molecule is C.C.C.C.CC.CC.CC.CC.CC.CC.CC.CC.c1ccc(Cc2ccccc2)cc1.c1ccc2ccccc2c1.c1ccc2ccccc2c1.c1ccccc1. The molecule has 0 spiro atoms. The Bertz CT molecular complexity index is 1340. The third-order valence-corrected chi connectivity index (χ3v) is 6.08. The van der Waals surface area contributed by atoms with Crippen molar-refractivity contribution in [2.75, 3.05) is 0 Å². The Morgan fingerprint density at radius 2 is 0.305 bits per heavy atom. The van der Waals surface area contributed by atoms with E-state index in [-0.39, 0.29) is 29.7 Å². The van der Waals surface area contributed by atoms with E-state index < -0.39 is 0 Å². The highest BCUT2D eigenvalue weighted by Gasteiger charge is 1.92. The third-order valence-electron chi connectivity index (χ3n) is 6.08. The van der Waals surface area contributed by atoms with E-state index in [1.165, 1.54) is 32.7 Å². The van der Waals surface area contributed by atoms with E-state index in [1.807, 2.05) is 147 Å². The number of hydrogen-bond acceptors (Lipinski definition) is 0. The Kier molecular flexibility index (Phi) is 86.1. The fourth-order valence-corrected chi connectivity index (χ4v) is 4.08. The summed E-state index contributed by atoms with van der Waals surface area (Å²) in [6.07, 6.45) is 1.03. The molecule has 0 aromatic heterocycles. The monoisotopic (exact) mass is 807 g/mol. The van der Waals surface area contributed by atoms with Gasteiger partial charge in [0.05, 0.1) is 0 Å². The van der Waals surface area contributed by atoms with Crippen molar-refractivity contribution in [2.45, 2.75) is 147 Å². The van der Waals surface area contributed by atoms with Crippen molar-refractivity contribution >= 4 is 21.5 Å². The quantitative estimate of drug-likeness (QED) is 0.163. The van der Waals surface area contributed by atoms with Gasteiger partial charge < -0.3 is 0 Å². The van der Waals surface area contributed by atoms with Gasteiger partial charge in [-0.25, -0.2) is 0 Å². The molecule has 0 fully saturated rings. The van der Waals surface area contributed by atoms with E-state index in [4.69, 9.17) is 0 Å². The van der Waals surface area contributed by atoms with Crippen LogP contribution in [0.2, 0.25) is 0 Å². The zero-order valence-electron chi connectivity index (χ0n) is 38.2. The Hall–Kier alpha value is -4.94. The molecule has 7 rings (SSSR count). The fraction of sp³-hybridized carbons (Fsp3) is 0.356. The number of benzene rings is 7. The van der Waals surface area contributed by atoms with E-state index >= 15 is 0 Å². The summed E-state index contributed by atoms with van der Waals surface area (Å²) in [4.78, 5) is 0. The van der Waals surface area contributed by atoms with Crippen LogP contribution in [0, 0.1) is 0 Å². The van der Waals surface area contributed by atoms with Gasteiger partial charge in [0.15, 0.2) is 0 Å². The normalized spacial score (nSPS) is 7.19. The highest BCUT2D eigenvalue weighted by atomic mass is 14.0. The van der Waals surface area contributed by atoms with E-state index in [1.54, 1.807) is 0 Å². The third kappa shape index (κ3) is 42.5. The largest absolute Gasteiger partial charge is 0.0776 e. The first-order valence-corrected chi connectivity index (χ1v) is 21.3. The summed E-state index contributed by atoms with van der Waals surface area (Å²) in [7, 11) is 0. The lowest BCUT2D eigenvalue weighted by Gasteiger charge is -2.00. The van der Waals surface area contributed by atoms with Gasteiger partial charge in [-0.3, -0.25) is 0 Å². The van der Waals surface area contributed by atoms with Crippen LogP contribution in [-0.2, 0) is 6.42 Å². The summed E-state index contributed by atoms with van der Waals surface area (Å²) in [5, 5.41) is 5.24. The van der Waals surface area contributed by atoms with Gasteiger partial charge in [-0.1, -0.05) is 335 Å². The van der Waals surface area contributed by atoms with Gasteiger partial charge in [0.1, 0.15) is 0 Å². The van der Waals surface area contributed by atoms with E-state index in [0.717, 1.165) is 6.42 Å². The second-order valence-corrected chi connectivity index (χ2v) is 9.00. The maximum atomic E-state index is 2.16. The Morgan fingerprint density at radius 3 is 0.458 bits per heavy atom. The van der Waals surface area contributed by atoms with Gasteiger partial charge in [0, 0.05) is 0 Å². The number of fused-ring (bicyclic) bond motifs is 2. The molecule has 0 heteroatoms. The van der Waals surface area contributed by atoms with E-state index in [9.17, 15) is 0 Å². The molecule has 59 heavy (non-hydrogen) atoms. The minimum atomic E-state index is 0. The first kappa shape index (κ1) is 75.0. The van der Waals surface area contributed by atoms with Crippen molar-refractivity contribution in [2.24, 2.45) is 0 Å². The molecule has 0 aliphatic rings. The zero-order chi connectivity index (χ0) is 42.8. The summed E-state index contributed by atoms with van der Waals surface area (Å²) < 4.78 is 0. The lowest BCUT2D eigenvalue weighted by atomic mass is 10.1. The van der Waals surface area contributed by atoms with Crippen molar-refractivity contribution in [3.63, 3.8) is 0 Å². The molecule has 0 saturated carbocycles. The summed E-state index contributed by atoms with van der Waals surface area (Å²) in [6.45, 7) is 32.0. The molecule has 0 aliphatic carbocycles. The van der Waals surface area contributed by atoms with Gasteiger partial charge in [0.25, 0.3) is 0 Å². The molecule has 0 bridgehead atoms. The first-order valence-electron chi connectivity index (χ1n) is 21.3. The fourth-order valence-electron chi connectivity index (χ4n) is 4.08. The zero-order valence-corrected chi connectivity index (χ0v) is 38.2. The molecule has 0 atom stereocenters. The summed E-state index contributed by atoms with van der Waals surface area (Å²) >= 11 is 0. The smallest absolute Gasteiger partial charge is 0.00258 e. The first-order chi connectivity index (χ1) is 27.4. The molecular formula is C59H98. The van der Waals surface area contributed by atoms with Gasteiger partial charge in [-0.05, 0) is 39.1 Å². The molecule has 0 heterocycles. The highest BCUT2D eigenvalue weighted by molar-refractivity contribution is 5.82. The van der Waals surface area contributed by atoms with Crippen LogP contribution in [-0.4, -0.2) is 0 Å². The minimum Gasteiger partial charge on any atom is -0.0776 e. The summed E-state index contributed by atoms with van der Waals surface area (Å²) in [5.74, 6) is 0. The Balaban J connectivity index is -0.0000000719. The Labute approximate surface area is 372 Å². The van der Waals surface area contributed by atoms with Gasteiger partial charge in [-0.15, -0.1) is 0 Å². The summed E-state index contributed by atoms with van der Waals surface area (Å²) in [6, 6.07) is 66.5. The van der Waals surface area contributed by atoms with Crippen LogP contribution in [0.1, 0.15) is 152 Å². The molecule has 334 valence electrons. The van der Waals surface area contributed by atoms with Crippen LogP contribution in [0.5, 0.6) is 0 Å². The molecule has 0 N–H and O–H groups in total. The highest BCUT2D eigenvalue weighted by Crippen LogP contribution is 2.12. The average molecular weight is 807 g/mol. The van der Waals surface area contributed by atoms with Crippen molar-refractivity contribution in [1.29, 1.82) is 0 Å². The molecule has 7 aromatic rings. The molecule has 0 saturated heterocycles. The number of hydrogen-bond donors (Lipinski definition) is 0. The van der Waals surface area contributed by atoms with Crippen molar-refractivity contribution < 1.29 is 0 Å². The lowest BCUT2D eigenvalue weighted by molar-refractivity contribution is 1.19. The second kappa shape index (κ2) is 67.8. The molecule has 7 aromatic carbocycles. The van der Waals surface area contributed by atoms with E-state index in [0.29, 0.717) is 0 Å². The van der Waals surface area contributed by atoms with Crippen LogP contribution in [0.4, 0.5) is 0 Å². The van der Waals surface area contributed by atoms with Crippen LogP contribution in [0.3, 0.4) is 0 Å². The topological polar surface area (TPSA) is 0 Å². The minimum absolute atomic E-state index is 0. The van der Waals surface area contributed by atoms with Crippen LogP contribution in [0.15, 0.2) is 194 Å². The standard InChI is InChI=1S/C13H12.2C10H8.C6H6.8C2H6.4CH4/c1-3-7-12(8-4-1)11-13-9-5-2-6-10-13;2*1-2-6-10-8-4-3-7-9(10)5-1;1-2-4-6-5-3-1;8*1-2;;;;/h1-10H,11H2;2*1-8H;1-6H;8*1-2H3;4*1H4. The second-order valence-electron chi connectivity index (χ2n) is 9.00. The van der Waals surface area contributed by atoms with Gasteiger partial charge >= 0.3 is 0 Å². The van der Waals surface area contributed by atoms with Crippen LogP contribution in [0.25, 0.3) is 21.5 Å². The van der Waals surface area contributed by atoms with Crippen molar-refractivity contribution in [1.82, 2.24) is 0 Å². The average Bonchev–Trinajstić information content (AvgIpc) is 3.33. The Morgan fingerprint density at radius 1 is 0.186 bits per heavy atom. The maximum absolute atomic E-state index is 2.16. The molecule has 0 amide bonds. The molecule has 0 aliphatic heterocycles. The predicted molar refractivity (Wildman–Crippen MR) is 288 cm³/mol. The van der Waals surface area contributed by atoms with Crippen LogP contribution >= 0.6 is 0 Å². The predicted octanol–water partition coefficient (Wildman–Crippen LogP) is 21.4. The lowest BCUT2D eigenvalue weighted by Crippen LogP contribution is -1.85. The molecule has 0 radical (unpaired) electrons. The molecule has 0 nitrogen and oxygen atoms in total. The number of rotatable bonds is 2. The summed E-state index contributed by atoms with van der Waals surface area (Å²) in [5.41, 5.74) is 2.74. The van der Waals surface area contributed by atoms with Gasteiger partial charge in [-0.2, -0.15) is 0 Å². The van der Waals surface area contributed by atoms with Crippen molar-refractivity contribution in [3.05, 3.63) is 205 Å². The van der Waals surface area contributed by atoms with Gasteiger partial charge in [0.2, 0.25) is 0 Å². The van der Waals surface area contributed by atoms with Crippen LogP contribution < -0.4 is 0 Å². The molecule has 0 unspecified atom stereocenters. The van der Waals surface area contributed by atoms with E-state index in [2.05, 4.69) is 158 Å². The molecular weight excluding hydrogens is 709 g/mol. The van der Waals surface area contributed by atoms with Crippen molar-refractivity contribution in [3.8, 4) is 0 Å². The maximum Gasteiger partial charge on any atom is -0.00258 e.